The van der Waals surface area contributed by atoms with Crippen LogP contribution in [0.2, 0.25) is 0 Å². The van der Waals surface area contributed by atoms with Crippen molar-refractivity contribution >= 4 is 5.91 Å². The van der Waals surface area contributed by atoms with Gasteiger partial charge < -0.3 is 10.4 Å². The predicted molar refractivity (Wildman–Crippen MR) is 51.3 cm³/mol. The Morgan fingerprint density at radius 1 is 1.69 bits per heavy atom. The van der Waals surface area contributed by atoms with Crippen molar-refractivity contribution in [3.63, 3.8) is 0 Å². The maximum atomic E-state index is 11.1. The lowest BCUT2D eigenvalue weighted by atomic mass is 9.83. The van der Waals surface area contributed by atoms with E-state index in [0.717, 1.165) is 19.3 Å². The van der Waals surface area contributed by atoms with Crippen LogP contribution in [-0.4, -0.2) is 22.7 Å². The van der Waals surface area contributed by atoms with Crippen LogP contribution in [0.15, 0.2) is 0 Å². The second-order valence-electron chi connectivity index (χ2n) is 4.21. The molecule has 1 aliphatic rings. The molecule has 1 aliphatic carbocycles. The van der Waals surface area contributed by atoms with Crippen molar-refractivity contribution in [2.45, 2.75) is 57.6 Å². The second kappa shape index (κ2) is 4.09. The van der Waals surface area contributed by atoms with Gasteiger partial charge in [0, 0.05) is 12.5 Å². The zero-order valence-corrected chi connectivity index (χ0v) is 8.47. The standard InChI is InChI=1S/C10H19NO2/c1-3-9(12)11-8-5-4-6-10(2,13)7-8/h8,13H,3-7H2,1-2H3,(H,11,12). The quantitative estimate of drug-likeness (QED) is 0.679. The summed E-state index contributed by atoms with van der Waals surface area (Å²) < 4.78 is 0. The second-order valence-corrected chi connectivity index (χ2v) is 4.21. The molecule has 3 nitrogen and oxygen atoms in total. The van der Waals surface area contributed by atoms with Gasteiger partial charge in [-0.15, -0.1) is 0 Å². The van der Waals surface area contributed by atoms with E-state index < -0.39 is 5.60 Å². The highest BCUT2D eigenvalue weighted by molar-refractivity contribution is 5.75. The first-order valence-corrected chi connectivity index (χ1v) is 5.05. The molecule has 76 valence electrons. The fourth-order valence-corrected chi connectivity index (χ4v) is 1.92. The van der Waals surface area contributed by atoms with Crippen LogP contribution in [-0.2, 0) is 4.79 Å². The summed E-state index contributed by atoms with van der Waals surface area (Å²) in [5.74, 6) is 0.0858. The number of nitrogens with one attached hydrogen (secondary N) is 1. The summed E-state index contributed by atoms with van der Waals surface area (Å²) in [4.78, 5) is 11.1. The van der Waals surface area contributed by atoms with E-state index >= 15 is 0 Å². The monoisotopic (exact) mass is 185 g/mol. The molecule has 1 fully saturated rings. The Morgan fingerprint density at radius 3 is 2.92 bits per heavy atom. The van der Waals surface area contributed by atoms with Gasteiger partial charge in [-0.05, 0) is 32.6 Å². The molecule has 3 heteroatoms. The summed E-state index contributed by atoms with van der Waals surface area (Å²) in [5, 5.41) is 12.7. The topological polar surface area (TPSA) is 49.3 Å². The van der Waals surface area contributed by atoms with Crippen LogP contribution in [0, 0.1) is 0 Å². The zero-order chi connectivity index (χ0) is 9.90. The molecule has 0 saturated heterocycles. The highest BCUT2D eigenvalue weighted by Crippen LogP contribution is 2.27. The number of rotatable bonds is 2. The van der Waals surface area contributed by atoms with Gasteiger partial charge in [-0.1, -0.05) is 6.92 Å². The maximum Gasteiger partial charge on any atom is 0.219 e. The van der Waals surface area contributed by atoms with Gasteiger partial charge in [0.25, 0.3) is 0 Å². The summed E-state index contributed by atoms with van der Waals surface area (Å²) in [5.41, 5.74) is -0.579. The third kappa shape index (κ3) is 3.35. The molecule has 2 N–H and O–H groups in total. The molecule has 2 atom stereocenters. The van der Waals surface area contributed by atoms with Gasteiger partial charge in [-0.25, -0.2) is 0 Å². The molecule has 0 aliphatic heterocycles. The van der Waals surface area contributed by atoms with Crippen molar-refractivity contribution in [2.24, 2.45) is 0 Å². The SMILES string of the molecule is CCC(=O)NC1CCCC(C)(O)C1. The Labute approximate surface area is 79.5 Å². The van der Waals surface area contributed by atoms with Gasteiger partial charge in [-0.2, -0.15) is 0 Å². The minimum Gasteiger partial charge on any atom is -0.390 e. The minimum absolute atomic E-state index is 0.0858. The van der Waals surface area contributed by atoms with Gasteiger partial charge in [0.2, 0.25) is 5.91 Å². The first kappa shape index (κ1) is 10.5. The molecular weight excluding hydrogens is 166 g/mol. The van der Waals surface area contributed by atoms with Crippen molar-refractivity contribution in [1.29, 1.82) is 0 Å². The summed E-state index contributed by atoms with van der Waals surface area (Å²) in [6.45, 7) is 3.69. The Hall–Kier alpha value is -0.570. The first-order chi connectivity index (χ1) is 6.03. The van der Waals surface area contributed by atoms with Crippen molar-refractivity contribution < 1.29 is 9.90 Å². The van der Waals surface area contributed by atoms with Gasteiger partial charge in [0.05, 0.1) is 5.60 Å². The number of aliphatic hydroxyl groups is 1. The lowest BCUT2D eigenvalue weighted by Gasteiger charge is -2.34. The van der Waals surface area contributed by atoms with E-state index in [4.69, 9.17) is 0 Å². The molecule has 1 amide bonds. The fraction of sp³-hybridized carbons (Fsp3) is 0.900. The molecule has 0 aromatic heterocycles. The Balaban J connectivity index is 2.39. The van der Waals surface area contributed by atoms with E-state index in [1.165, 1.54) is 0 Å². The molecule has 0 aromatic rings. The van der Waals surface area contributed by atoms with Crippen LogP contribution in [0.4, 0.5) is 0 Å². The van der Waals surface area contributed by atoms with Crippen LogP contribution < -0.4 is 5.32 Å². The normalized spacial score (nSPS) is 34.2. The Morgan fingerprint density at radius 2 is 2.38 bits per heavy atom. The summed E-state index contributed by atoms with van der Waals surface area (Å²) in [6, 6.07) is 0.177. The molecule has 0 heterocycles. The molecule has 13 heavy (non-hydrogen) atoms. The highest BCUT2D eigenvalue weighted by Gasteiger charge is 2.30. The lowest BCUT2D eigenvalue weighted by molar-refractivity contribution is -0.122. The van der Waals surface area contributed by atoms with Gasteiger partial charge in [0.15, 0.2) is 0 Å². The van der Waals surface area contributed by atoms with Gasteiger partial charge in [-0.3, -0.25) is 4.79 Å². The summed E-state index contributed by atoms with van der Waals surface area (Å²) >= 11 is 0. The van der Waals surface area contributed by atoms with E-state index in [9.17, 15) is 9.90 Å². The number of carbonyl (C=O) groups excluding carboxylic acids is 1. The van der Waals surface area contributed by atoms with E-state index in [2.05, 4.69) is 5.32 Å². The van der Waals surface area contributed by atoms with E-state index in [1.54, 1.807) is 0 Å². The molecule has 0 spiro atoms. The smallest absolute Gasteiger partial charge is 0.219 e. The van der Waals surface area contributed by atoms with E-state index in [1.807, 2.05) is 13.8 Å². The molecular formula is C10H19NO2. The molecule has 1 rings (SSSR count). The average Bonchev–Trinajstić information content (AvgIpc) is 2.02. The number of carbonyl (C=O) groups is 1. The average molecular weight is 185 g/mol. The summed E-state index contributed by atoms with van der Waals surface area (Å²) in [6.07, 6.45) is 4.08. The van der Waals surface area contributed by atoms with E-state index in [-0.39, 0.29) is 11.9 Å². The third-order valence-electron chi connectivity index (χ3n) is 2.64. The van der Waals surface area contributed by atoms with Gasteiger partial charge >= 0.3 is 0 Å². The van der Waals surface area contributed by atoms with Crippen LogP contribution >= 0.6 is 0 Å². The summed E-state index contributed by atoms with van der Waals surface area (Å²) in [7, 11) is 0. The number of hydrogen-bond donors (Lipinski definition) is 2. The predicted octanol–water partition coefficient (Wildman–Crippen LogP) is 1.21. The number of amides is 1. The van der Waals surface area contributed by atoms with Crippen LogP contribution in [0.3, 0.4) is 0 Å². The minimum atomic E-state index is -0.579. The fourth-order valence-electron chi connectivity index (χ4n) is 1.92. The molecule has 2 unspecified atom stereocenters. The van der Waals surface area contributed by atoms with Crippen LogP contribution in [0.5, 0.6) is 0 Å². The van der Waals surface area contributed by atoms with Crippen molar-refractivity contribution in [3.05, 3.63) is 0 Å². The molecule has 0 aromatic carbocycles. The van der Waals surface area contributed by atoms with Crippen molar-refractivity contribution in [3.8, 4) is 0 Å². The molecule has 0 radical (unpaired) electrons. The first-order valence-electron chi connectivity index (χ1n) is 5.05. The van der Waals surface area contributed by atoms with Crippen molar-refractivity contribution in [2.75, 3.05) is 0 Å². The van der Waals surface area contributed by atoms with Crippen LogP contribution in [0.1, 0.15) is 46.0 Å². The third-order valence-corrected chi connectivity index (χ3v) is 2.64. The lowest BCUT2D eigenvalue weighted by Crippen LogP contribution is -2.44. The Kier molecular flexibility index (Phi) is 3.31. The number of hydrogen-bond acceptors (Lipinski definition) is 2. The highest BCUT2D eigenvalue weighted by atomic mass is 16.3. The Bertz CT molecular complexity index is 189. The van der Waals surface area contributed by atoms with Crippen LogP contribution in [0.25, 0.3) is 0 Å². The van der Waals surface area contributed by atoms with Gasteiger partial charge in [0.1, 0.15) is 0 Å². The zero-order valence-electron chi connectivity index (χ0n) is 8.47. The van der Waals surface area contributed by atoms with E-state index in [0.29, 0.717) is 12.8 Å². The molecule has 0 bridgehead atoms. The van der Waals surface area contributed by atoms with Crippen molar-refractivity contribution in [1.82, 2.24) is 5.32 Å². The largest absolute Gasteiger partial charge is 0.390 e. The maximum absolute atomic E-state index is 11.1. The molecule has 1 saturated carbocycles.